The lowest BCUT2D eigenvalue weighted by molar-refractivity contribution is -0.108. The van der Waals surface area contributed by atoms with Crippen molar-refractivity contribution in [1.82, 2.24) is 14.9 Å². The highest BCUT2D eigenvalue weighted by molar-refractivity contribution is 7.19. The molecule has 1 amide bonds. The number of aryl methyl sites for hydroxylation is 1. The summed E-state index contributed by atoms with van der Waals surface area (Å²) in [6, 6.07) is 0.155. The SMILES string of the molecule is CN(C(=O)OC(C)(C)C)C1CCC(Oc2ncnc3sc4c(c23)C(CC=O)CC4)CC1. The Bertz CT molecular complexity index is 960. The summed E-state index contributed by atoms with van der Waals surface area (Å²) >= 11 is 1.70. The molecule has 2 aromatic heterocycles. The van der Waals surface area contributed by atoms with Crippen molar-refractivity contribution >= 4 is 33.9 Å². The third kappa shape index (κ3) is 4.68. The van der Waals surface area contributed by atoms with Crippen LogP contribution >= 0.6 is 11.3 Å². The lowest BCUT2D eigenvalue weighted by Crippen LogP contribution is -2.43. The summed E-state index contributed by atoms with van der Waals surface area (Å²) in [7, 11) is 1.82. The van der Waals surface area contributed by atoms with Gasteiger partial charge in [0.25, 0.3) is 0 Å². The van der Waals surface area contributed by atoms with E-state index in [2.05, 4.69) is 9.97 Å². The smallest absolute Gasteiger partial charge is 0.410 e. The minimum atomic E-state index is -0.494. The van der Waals surface area contributed by atoms with Crippen LogP contribution in [0.15, 0.2) is 6.33 Å². The number of aldehydes is 1. The highest BCUT2D eigenvalue weighted by Crippen LogP contribution is 2.47. The van der Waals surface area contributed by atoms with Crippen molar-refractivity contribution in [2.45, 2.75) is 89.4 Å². The van der Waals surface area contributed by atoms with Crippen molar-refractivity contribution in [1.29, 1.82) is 0 Å². The molecule has 31 heavy (non-hydrogen) atoms. The van der Waals surface area contributed by atoms with Gasteiger partial charge in [-0.05, 0) is 70.8 Å². The number of hydrogen-bond donors (Lipinski definition) is 0. The van der Waals surface area contributed by atoms with Crippen LogP contribution in [-0.4, -0.2) is 52.0 Å². The lowest BCUT2D eigenvalue weighted by Gasteiger charge is -2.35. The molecule has 2 aliphatic carbocycles. The van der Waals surface area contributed by atoms with Crippen molar-refractivity contribution in [2.24, 2.45) is 0 Å². The Kier molecular flexibility index (Phi) is 6.19. The van der Waals surface area contributed by atoms with E-state index in [1.807, 2.05) is 27.8 Å². The second-order valence-corrected chi connectivity index (χ2v) is 10.7. The fourth-order valence-electron chi connectivity index (χ4n) is 4.67. The molecule has 0 N–H and O–H groups in total. The molecule has 0 bridgehead atoms. The minimum Gasteiger partial charge on any atom is -0.474 e. The van der Waals surface area contributed by atoms with Crippen LogP contribution in [0.4, 0.5) is 4.79 Å². The van der Waals surface area contributed by atoms with E-state index in [1.54, 1.807) is 22.6 Å². The van der Waals surface area contributed by atoms with Gasteiger partial charge in [0.2, 0.25) is 5.88 Å². The van der Waals surface area contributed by atoms with Crippen molar-refractivity contribution in [3.8, 4) is 5.88 Å². The maximum absolute atomic E-state index is 12.4. The average molecular weight is 446 g/mol. The van der Waals surface area contributed by atoms with E-state index in [-0.39, 0.29) is 24.2 Å². The number of nitrogens with zero attached hydrogens (tertiary/aromatic N) is 3. The molecule has 0 saturated heterocycles. The number of aromatic nitrogens is 2. The number of amides is 1. The van der Waals surface area contributed by atoms with Gasteiger partial charge in [0, 0.05) is 24.4 Å². The van der Waals surface area contributed by atoms with Crippen LogP contribution in [0.2, 0.25) is 0 Å². The first-order valence-corrected chi connectivity index (χ1v) is 11.9. The molecule has 2 aliphatic rings. The molecule has 0 aromatic carbocycles. The Hall–Kier alpha value is -2.22. The topological polar surface area (TPSA) is 81.6 Å². The molecular formula is C23H31N3O4S. The van der Waals surface area contributed by atoms with Crippen LogP contribution in [-0.2, 0) is 16.0 Å². The van der Waals surface area contributed by atoms with Gasteiger partial charge in [-0.15, -0.1) is 11.3 Å². The largest absolute Gasteiger partial charge is 0.474 e. The average Bonchev–Trinajstić information content (AvgIpc) is 3.27. The van der Waals surface area contributed by atoms with E-state index >= 15 is 0 Å². The Labute approximate surface area is 187 Å². The van der Waals surface area contributed by atoms with E-state index in [0.29, 0.717) is 12.3 Å². The molecule has 1 atom stereocenters. The number of fused-ring (bicyclic) bond motifs is 3. The van der Waals surface area contributed by atoms with Crippen molar-refractivity contribution in [3.05, 3.63) is 16.8 Å². The van der Waals surface area contributed by atoms with Gasteiger partial charge in [-0.2, -0.15) is 0 Å². The number of rotatable bonds is 5. The Morgan fingerprint density at radius 1 is 1.23 bits per heavy atom. The zero-order chi connectivity index (χ0) is 22.2. The first kappa shape index (κ1) is 22.0. The summed E-state index contributed by atoms with van der Waals surface area (Å²) in [6.07, 6.45) is 8.34. The molecule has 1 unspecified atom stereocenters. The zero-order valence-corrected chi connectivity index (χ0v) is 19.5. The maximum Gasteiger partial charge on any atom is 0.410 e. The van der Waals surface area contributed by atoms with Crippen LogP contribution in [0.5, 0.6) is 5.88 Å². The van der Waals surface area contributed by atoms with Crippen molar-refractivity contribution in [2.75, 3.05) is 7.05 Å². The van der Waals surface area contributed by atoms with Crippen LogP contribution in [0.25, 0.3) is 10.2 Å². The molecule has 4 rings (SSSR count). The zero-order valence-electron chi connectivity index (χ0n) is 18.7. The summed E-state index contributed by atoms with van der Waals surface area (Å²) in [6.45, 7) is 5.65. The fraction of sp³-hybridized carbons (Fsp3) is 0.652. The first-order chi connectivity index (χ1) is 14.8. The van der Waals surface area contributed by atoms with E-state index in [9.17, 15) is 9.59 Å². The number of carbonyl (C=O) groups is 2. The predicted molar refractivity (Wildman–Crippen MR) is 120 cm³/mol. The number of ether oxygens (including phenoxy) is 2. The maximum atomic E-state index is 12.4. The van der Waals surface area contributed by atoms with Crippen LogP contribution in [0.1, 0.15) is 75.7 Å². The van der Waals surface area contributed by atoms with Gasteiger partial charge < -0.3 is 19.2 Å². The summed E-state index contributed by atoms with van der Waals surface area (Å²) in [4.78, 5) is 36.4. The standard InChI is InChI=1S/C23H31N3O4S/c1-23(2,3)30-22(28)26(4)15-6-8-16(9-7-15)29-20-19-18-14(11-12-27)5-10-17(18)31-21(19)25-13-24-20/h12-16H,5-11H2,1-4H3. The molecule has 168 valence electrons. The van der Waals surface area contributed by atoms with Gasteiger partial charge in [-0.25, -0.2) is 14.8 Å². The molecular weight excluding hydrogens is 414 g/mol. The van der Waals surface area contributed by atoms with E-state index < -0.39 is 5.60 Å². The number of carbonyl (C=O) groups excluding carboxylic acids is 2. The first-order valence-electron chi connectivity index (χ1n) is 11.1. The molecule has 0 spiro atoms. The summed E-state index contributed by atoms with van der Waals surface area (Å²) in [5, 5.41) is 1.000. The van der Waals surface area contributed by atoms with Crippen LogP contribution < -0.4 is 4.74 Å². The van der Waals surface area contributed by atoms with E-state index in [4.69, 9.17) is 9.47 Å². The van der Waals surface area contributed by atoms with Gasteiger partial charge in [-0.1, -0.05) is 0 Å². The number of thiophene rings is 1. The third-order valence-electron chi connectivity index (χ3n) is 6.23. The van der Waals surface area contributed by atoms with E-state index in [1.165, 1.54) is 10.4 Å². The molecule has 2 heterocycles. The predicted octanol–water partition coefficient (Wildman–Crippen LogP) is 4.87. The quantitative estimate of drug-likeness (QED) is 0.611. The summed E-state index contributed by atoms with van der Waals surface area (Å²) < 4.78 is 11.9. The van der Waals surface area contributed by atoms with Crippen molar-refractivity contribution < 1.29 is 19.1 Å². The van der Waals surface area contributed by atoms with Gasteiger partial charge in [0.05, 0.1) is 5.39 Å². The number of hydrogen-bond acceptors (Lipinski definition) is 7. The Morgan fingerprint density at radius 2 is 1.97 bits per heavy atom. The van der Waals surface area contributed by atoms with E-state index in [0.717, 1.165) is 55.0 Å². The second-order valence-electron chi connectivity index (χ2n) is 9.58. The molecule has 0 radical (unpaired) electrons. The Balaban J connectivity index is 1.44. The highest BCUT2D eigenvalue weighted by Gasteiger charge is 2.33. The minimum absolute atomic E-state index is 0.0582. The van der Waals surface area contributed by atoms with Crippen LogP contribution in [0, 0.1) is 0 Å². The van der Waals surface area contributed by atoms with Gasteiger partial charge >= 0.3 is 6.09 Å². The Morgan fingerprint density at radius 3 is 2.65 bits per heavy atom. The molecule has 7 nitrogen and oxygen atoms in total. The molecule has 8 heteroatoms. The highest BCUT2D eigenvalue weighted by atomic mass is 32.1. The summed E-state index contributed by atoms with van der Waals surface area (Å²) in [5.41, 5.74) is 0.730. The monoisotopic (exact) mass is 445 g/mol. The molecule has 0 aliphatic heterocycles. The van der Waals surface area contributed by atoms with Crippen LogP contribution in [0.3, 0.4) is 0 Å². The fourth-order valence-corrected chi connectivity index (χ4v) is 5.90. The lowest BCUT2D eigenvalue weighted by atomic mass is 9.92. The third-order valence-corrected chi connectivity index (χ3v) is 7.40. The normalized spacial score (nSPS) is 23.4. The van der Waals surface area contributed by atoms with Gasteiger partial charge in [0.15, 0.2) is 0 Å². The molecule has 1 saturated carbocycles. The van der Waals surface area contributed by atoms with Gasteiger partial charge in [-0.3, -0.25) is 0 Å². The summed E-state index contributed by atoms with van der Waals surface area (Å²) in [5.74, 6) is 0.886. The van der Waals surface area contributed by atoms with Gasteiger partial charge in [0.1, 0.15) is 29.1 Å². The second kappa shape index (κ2) is 8.73. The molecule has 1 fully saturated rings. The molecule has 2 aromatic rings. The van der Waals surface area contributed by atoms with Crippen molar-refractivity contribution in [3.63, 3.8) is 0 Å².